The Morgan fingerprint density at radius 3 is 2.62 bits per heavy atom. The van der Waals surface area contributed by atoms with Gasteiger partial charge in [-0.25, -0.2) is 13.9 Å². The first-order valence-corrected chi connectivity index (χ1v) is 10.4. The van der Waals surface area contributed by atoms with Crippen LogP contribution in [0.25, 0.3) is 28.5 Å². The summed E-state index contributed by atoms with van der Waals surface area (Å²) in [5.41, 5.74) is 1.76. The number of carbonyl (C=O) groups is 1. The highest BCUT2D eigenvalue weighted by atomic mass is 79.9. The maximum atomic E-state index is 12.8. The first kappa shape index (κ1) is 19.9. The van der Waals surface area contributed by atoms with Crippen LogP contribution in [-0.4, -0.2) is 30.2 Å². The summed E-state index contributed by atoms with van der Waals surface area (Å²) in [7, 11) is 0. The Bertz CT molecular complexity index is 1490. The second-order valence-corrected chi connectivity index (χ2v) is 7.73. The molecule has 0 radical (unpaired) electrons. The minimum atomic E-state index is -0.452. The molecule has 0 fully saturated rings. The van der Waals surface area contributed by atoms with Crippen LogP contribution in [0.1, 0.15) is 0 Å². The smallest absolute Gasteiger partial charge is 0.333 e. The van der Waals surface area contributed by atoms with Crippen LogP contribution >= 0.6 is 15.9 Å². The molecule has 0 spiro atoms. The molecular weight excluding hydrogens is 476 g/mol. The predicted octanol–water partition coefficient (Wildman–Crippen LogP) is 3.61. The van der Waals surface area contributed by atoms with Gasteiger partial charge < -0.3 is 9.84 Å². The summed E-state index contributed by atoms with van der Waals surface area (Å²) in [6.07, 6.45) is 1.57. The molecule has 3 heterocycles. The van der Waals surface area contributed by atoms with Gasteiger partial charge in [-0.05, 0) is 40.2 Å². The van der Waals surface area contributed by atoms with E-state index in [-0.39, 0.29) is 18.3 Å². The van der Waals surface area contributed by atoms with Gasteiger partial charge in [0.2, 0.25) is 11.7 Å². The van der Waals surface area contributed by atoms with Crippen molar-refractivity contribution in [2.24, 2.45) is 0 Å². The van der Waals surface area contributed by atoms with E-state index in [1.807, 2.05) is 42.5 Å². The van der Waals surface area contributed by atoms with E-state index in [2.05, 4.69) is 36.5 Å². The number of fused-ring (bicyclic) bond motifs is 1. The molecule has 2 aromatic carbocycles. The first-order valence-electron chi connectivity index (χ1n) is 9.62. The lowest BCUT2D eigenvalue weighted by atomic mass is 10.2. The minimum Gasteiger partial charge on any atom is -0.333 e. The van der Waals surface area contributed by atoms with Crippen molar-refractivity contribution in [1.29, 1.82) is 0 Å². The summed E-state index contributed by atoms with van der Waals surface area (Å²) in [4.78, 5) is 29.7. The lowest BCUT2D eigenvalue weighted by Crippen LogP contribution is -2.28. The molecule has 1 amide bonds. The zero-order valence-electron chi connectivity index (χ0n) is 16.5. The maximum absolute atomic E-state index is 12.8. The fourth-order valence-electron chi connectivity index (χ4n) is 3.23. The summed E-state index contributed by atoms with van der Waals surface area (Å²) in [6.45, 7) is -0.250. The van der Waals surface area contributed by atoms with E-state index < -0.39 is 5.69 Å². The highest BCUT2D eigenvalue weighted by Crippen LogP contribution is 2.24. The number of para-hydroxylation sites is 1. The molecule has 0 bridgehead atoms. The van der Waals surface area contributed by atoms with Gasteiger partial charge in [0.1, 0.15) is 6.54 Å². The van der Waals surface area contributed by atoms with E-state index in [1.165, 1.54) is 4.40 Å². The molecule has 0 aliphatic rings. The van der Waals surface area contributed by atoms with Crippen molar-refractivity contribution in [2.75, 3.05) is 5.32 Å². The number of nitrogens with one attached hydrogen (secondary N) is 1. The number of nitrogens with zero attached hydrogens (tertiary/aromatic N) is 5. The van der Waals surface area contributed by atoms with Crippen molar-refractivity contribution in [3.05, 3.63) is 87.9 Å². The molecule has 0 atom stereocenters. The Labute approximate surface area is 189 Å². The van der Waals surface area contributed by atoms with Crippen LogP contribution in [0, 0.1) is 0 Å². The van der Waals surface area contributed by atoms with E-state index in [1.54, 1.807) is 30.5 Å². The molecule has 0 saturated carbocycles. The monoisotopic (exact) mass is 490 g/mol. The molecule has 0 aliphatic carbocycles. The van der Waals surface area contributed by atoms with Crippen LogP contribution in [0.3, 0.4) is 0 Å². The molecule has 0 unspecified atom stereocenters. The van der Waals surface area contributed by atoms with E-state index in [0.717, 1.165) is 14.7 Å². The van der Waals surface area contributed by atoms with Crippen LogP contribution in [0.2, 0.25) is 0 Å². The van der Waals surface area contributed by atoms with Crippen LogP contribution < -0.4 is 11.0 Å². The topological polar surface area (TPSA) is 107 Å². The molecule has 3 aromatic heterocycles. The molecule has 32 heavy (non-hydrogen) atoms. The van der Waals surface area contributed by atoms with Crippen molar-refractivity contribution in [3.8, 4) is 22.8 Å². The van der Waals surface area contributed by atoms with Crippen molar-refractivity contribution in [1.82, 2.24) is 24.3 Å². The maximum Gasteiger partial charge on any atom is 0.350 e. The van der Waals surface area contributed by atoms with E-state index in [9.17, 15) is 9.59 Å². The van der Waals surface area contributed by atoms with Gasteiger partial charge in [-0.1, -0.05) is 47.6 Å². The molecule has 5 aromatic rings. The fraction of sp³-hybridized carbons (Fsp3) is 0.0455. The number of amides is 1. The molecule has 0 saturated heterocycles. The Morgan fingerprint density at radius 2 is 1.81 bits per heavy atom. The highest BCUT2D eigenvalue weighted by molar-refractivity contribution is 9.10. The van der Waals surface area contributed by atoms with Crippen molar-refractivity contribution in [3.63, 3.8) is 0 Å². The fourth-order valence-corrected chi connectivity index (χ4v) is 3.62. The number of anilines is 1. The average Bonchev–Trinajstić information content (AvgIpc) is 3.42. The van der Waals surface area contributed by atoms with Crippen LogP contribution in [0.15, 0.2) is 86.7 Å². The average molecular weight is 491 g/mol. The van der Waals surface area contributed by atoms with Crippen molar-refractivity contribution in [2.45, 2.75) is 6.54 Å². The van der Waals surface area contributed by atoms with Gasteiger partial charge in [-0.3, -0.25) is 4.79 Å². The van der Waals surface area contributed by atoms with E-state index >= 15 is 0 Å². The van der Waals surface area contributed by atoms with Gasteiger partial charge >= 0.3 is 5.69 Å². The molecule has 9 nitrogen and oxygen atoms in total. The Hall–Kier alpha value is -4.05. The van der Waals surface area contributed by atoms with Gasteiger partial charge in [0.15, 0.2) is 5.65 Å². The predicted molar refractivity (Wildman–Crippen MR) is 121 cm³/mol. The van der Waals surface area contributed by atoms with Gasteiger partial charge in [0.05, 0.1) is 11.3 Å². The third-order valence-corrected chi connectivity index (χ3v) is 5.43. The first-order chi connectivity index (χ1) is 15.6. The zero-order valence-corrected chi connectivity index (χ0v) is 18.1. The highest BCUT2D eigenvalue weighted by Gasteiger charge is 2.18. The summed E-state index contributed by atoms with van der Waals surface area (Å²) in [6, 6.07) is 20.0. The number of benzene rings is 2. The molecule has 5 rings (SSSR count). The Morgan fingerprint density at radius 1 is 1.03 bits per heavy atom. The number of carbonyl (C=O) groups excluding carboxylic acids is 1. The van der Waals surface area contributed by atoms with Crippen LogP contribution in [-0.2, 0) is 11.3 Å². The largest absolute Gasteiger partial charge is 0.350 e. The number of pyridine rings is 1. The van der Waals surface area contributed by atoms with Gasteiger partial charge in [-0.15, -0.1) is 5.10 Å². The third kappa shape index (κ3) is 3.71. The molecule has 1 N–H and O–H groups in total. The quantitative estimate of drug-likeness (QED) is 0.403. The number of halogens is 1. The summed E-state index contributed by atoms with van der Waals surface area (Å²) in [5, 5.41) is 11.1. The third-order valence-electron chi connectivity index (χ3n) is 4.74. The lowest BCUT2D eigenvalue weighted by molar-refractivity contribution is -0.117. The summed E-state index contributed by atoms with van der Waals surface area (Å²) >= 11 is 3.38. The standard InChI is InChI=1S/C22H15BrN6O3/c23-16-10-4-5-11-17(16)24-18(30)13-29-22(31)28-12-6-9-15(20(28)26-29)21-25-19(27-32-21)14-7-2-1-3-8-14/h1-12H,13H2,(H,24,30). The minimum absolute atomic E-state index is 0.226. The lowest BCUT2D eigenvalue weighted by Gasteiger charge is -2.06. The second kappa shape index (κ2) is 8.23. The van der Waals surface area contributed by atoms with E-state index in [0.29, 0.717) is 22.7 Å². The second-order valence-electron chi connectivity index (χ2n) is 6.87. The van der Waals surface area contributed by atoms with Crippen LogP contribution in [0.5, 0.6) is 0 Å². The molecular formula is C22H15BrN6O3. The number of rotatable bonds is 5. The summed E-state index contributed by atoms with van der Waals surface area (Å²) in [5.74, 6) is 0.273. The normalized spacial score (nSPS) is 11.0. The van der Waals surface area contributed by atoms with Crippen molar-refractivity contribution >= 4 is 33.2 Å². The van der Waals surface area contributed by atoms with Crippen LogP contribution in [0.4, 0.5) is 5.69 Å². The molecule has 158 valence electrons. The van der Waals surface area contributed by atoms with Gasteiger partial charge in [0.25, 0.3) is 5.89 Å². The Balaban J connectivity index is 1.46. The van der Waals surface area contributed by atoms with Gasteiger partial charge in [0, 0.05) is 16.2 Å². The van der Waals surface area contributed by atoms with Crippen molar-refractivity contribution < 1.29 is 9.32 Å². The summed E-state index contributed by atoms with van der Waals surface area (Å²) < 4.78 is 8.60. The molecule has 0 aliphatic heterocycles. The Kier molecular flexibility index (Phi) is 5.12. The number of hydrogen-bond acceptors (Lipinski definition) is 6. The van der Waals surface area contributed by atoms with E-state index in [4.69, 9.17) is 4.52 Å². The molecule has 10 heteroatoms. The number of hydrogen-bond donors (Lipinski definition) is 1. The SMILES string of the molecule is O=C(Cn1nc2c(-c3nc(-c4ccccc4)no3)cccn2c1=O)Nc1ccccc1Br. The van der Waals surface area contributed by atoms with Gasteiger partial charge in [-0.2, -0.15) is 4.98 Å². The number of aromatic nitrogens is 5. The zero-order chi connectivity index (χ0) is 22.1.